The van der Waals surface area contributed by atoms with Crippen LogP contribution in [0.4, 0.5) is 0 Å². The van der Waals surface area contributed by atoms with Crippen molar-refractivity contribution in [3.63, 3.8) is 0 Å². The van der Waals surface area contributed by atoms with E-state index in [0.717, 1.165) is 11.3 Å². The monoisotopic (exact) mass is 345 g/mol. The van der Waals surface area contributed by atoms with Crippen LogP contribution in [0.3, 0.4) is 0 Å². The number of nitrogens with two attached hydrogens (primary N) is 1. The molecule has 0 saturated carbocycles. The van der Waals surface area contributed by atoms with Crippen molar-refractivity contribution in [2.24, 2.45) is 5.73 Å². The molecule has 6 nitrogen and oxygen atoms in total. The smallest absolute Gasteiger partial charge is 0.231 e. The normalized spacial score (nSPS) is 13.0. The van der Waals surface area contributed by atoms with Crippen molar-refractivity contribution >= 4 is 30.6 Å². The Bertz CT molecular complexity index is 620. The molecule has 0 unspecified atom stereocenters. The van der Waals surface area contributed by atoms with E-state index in [1.807, 2.05) is 18.2 Å². The van der Waals surface area contributed by atoms with E-state index in [1.165, 1.54) is 0 Å². The molecule has 1 aromatic carbocycles. The summed E-state index contributed by atoms with van der Waals surface area (Å²) in [5.74, 6) is 1.37. The number of H-pyrrole nitrogens is 1. The number of rotatable bonds is 5. The summed E-state index contributed by atoms with van der Waals surface area (Å²) in [5, 5.41) is 0. The van der Waals surface area contributed by atoms with Gasteiger partial charge in [-0.3, -0.25) is 4.79 Å². The van der Waals surface area contributed by atoms with Crippen molar-refractivity contribution in [2.45, 2.75) is 18.9 Å². The number of benzene rings is 1. The minimum absolute atomic E-state index is 0. The number of ether oxygens (including phenoxy) is 2. The Labute approximate surface area is 140 Å². The Morgan fingerprint density at radius 1 is 1.32 bits per heavy atom. The molecule has 0 amide bonds. The zero-order valence-corrected chi connectivity index (χ0v) is 13.3. The fourth-order valence-electron chi connectivity index (χ4n) is 2.13. The van der Waals surface area contributed by atoms with Crippen LogP contribution in [0, 0.1) is 0 Å². The molecule has 0 spiro atoms. The lowest BCUT2D eigenvalue weighted by molar-refractivity contribution is -0.119. The van der Waals surface area contributed by atoms with E-state index in [2.05, 4.69) is 9.97 Å². The molecule has 3 N–H and O–H groups in total. The third kappa shape index (κ3) is 4.13. The number of imidazole rings is 1. The zero-order chi connectivity index (χ0) is 13.9. The predicted octanol–water partition coefficient (Wildman–Crippen LogP) is 1.66. The zero-order valence-electron chi connectivity index (χ0n) is 11.7. The molecule has 0 aliphatic carbocycles. The number of hydrogen-bond donors (Lipinski definition) is 2. The Balaban J connectivity index is 0.00000121. The van der Waals surface area contributed by atoms with Gasteiger partial charge in [0.25, 0.3) is 0 Å². The highest BCUT2D eigenvalue weighted by Gasteiger charge is 2.18. The summed E-state index contributed by atoms with van der Waals surface area (Å²) in [6.45, 7) is 0.228. The molecular weight excluding hydrogens is 329 g/mol. The van der Waals surface area contributed by atoms with Gasteiger partial charge in [-0.05, 0) is 17.7 Å². The summed E-state index contributed by atoms with van der Waals surface area (Å²) in [5.41, 5.74) is 7.65. The van der Waals surface area contributed by atoms with Crippen LogP contribution in [0.5, 0.6) is 11.5 Å². The maximum absolute atomic E-state index is 12.1. The SMILES string of the molecule is Cl.Cl.N[C@@H](Cc1cnc[nH]1)C(=O)Cc1ccc2c(c1)OCO2. The average molecular weight is 346 g/mol. The summed E-state index contributed by atoms with van der Waals surface area (Å²) in [7, 11) is 0. The van der Waals surface area contributed by atoms with E-state index >= 15 is 0 Å². The largest absolute Gasteiger partial charge is 0.454 e. The standard InChI is InChI=1S/C14H15N3O3.2ClH/c15-11(5-10-6-16-7-17-10)12(18)3-9-1-2-13-14(4-9)20-8-19-13;;/h1-2,4,6-7,11H,3,5,8,15H2,(H,16,17);2*1H/t11-;;/m0../s1. The van der Waals surface area contributed by atoms with Crippen molar-refractivity contribution < 1.29 is 14.3 Å². The summed E-state index contributed by atoms with van der Waals surface area (Å²) >= 11 is 0. The molecule has 0 fully saturated rings. The Kier molecular flexibility index (Phi) is 6.67. The van der Waals surface area contributed by atoms with Gasteiger partial charge in [0.1, 0.15) is 0 Å². The molecule has 1 aromatic heterocycles. The van der Waals surface area contributed by atoms with Crippen molar-refractivity contribution in [3.05, 3.63) is 42.0 Å². The Morgan fingerprint density at radius 3 is 2.82 bits per heavy atom. The van der Waals surface area contributed by atoms with Gasteiger partial charge < -0.3 is 20.2 Å². The van der Waals surface area contributed by atoms with E-state index in [-0.39, 0.29) is 43.8 Å². The molecule has 3 rings (SSSR count). The molecule has 1 aliphatic heterocycles. The number of ketones is 1. The third-order valence-electron chi connectivity index (χ3n) is 3.22. The van der Waals surface area contributed by atoms with Gasteiger partial charge in [0.15, 0.2) is 17.3 Å². The van der Waals surface area contributed by atoms with Crippen LogP contribution >= 0.6 is 24.8 Å². The van der Waals surface area contributed by atoms with Gasteiger partial charge in [0, 0.05) is 24.7 Å². The lowest BCUT2D eigenvalue weighted by atomic mass is 10.0. The van der Waals surface area contributed by atoms with Crippen molar-refractivity contribution in [1.29, 1.82) is 0 Å². The van der Waals surface area contributed by atoms with Gasteiger partial charge in [-0.25, -0.2) is 4.98 Å². The number of Topliss-reactive ketones (excluding diaryl/α,β-unsaturated/α-hetero) is 1. The van der Waals surface area contributed by atoms with Crippen LogP contribution in [-0.4, -0.2) is 28.6 Å². The Morgan fingerprint density at radius 2 is 2.09 bits per heavy atom. The highest BCUT2D eigenvalue weighted by Crippen LogP contribution is 2.32. The van der Waals surface area contributed by atoms with Gasteiger partial charge in [0.05, 0.1) is 12.4 Å². The number of fused-ring (bicyclic) bond motifs is 1. The van der Waals surface area contributed by atoms with Crippen LogP contribution in [0.2, 0.25) is 0 Å². The minimum atomic E-state index is -0.541. The summed E-state index contributed by atoms with van der Waals surface area (Å²) < 4.78 is 10.5. The van der Waals surface area contributed by atoms with Crippen LogP contribution in [0.15, 0.2) is 30.7 Å². The highest BCUT2D eigenvalue weighted by molar-refractivity contribution is 5.86. The number of nitrogens with one attached hydrogen (secondary N) is 1. The fourth-order valence-corrected chi connectivity index (χ4v) is 2.13. The van der Waals surface area contributed by atoms with Crippen molar-refractivity contribution in [2.75, 3.05) is 6.79 Å². The van der Waals surface area contributed by atoms with Gasteiger partial charge in [0.2, 0.25) is 6.79 Å². The second kappa shape index (κ2) is 8.03. The first kappa shape index (κ1) is 18.3. The first-order chi connectivity index (χ1) is 9.72. The van der Waals surface area contributed by atoms with Gasteiger partial charge in [-0.15, -0.1) is 24.8 Å². The molecule has 8 heteroatoms. The molecule has 1 aliphatic rings. The van der Waals surface area contributed by atoms with Gasteiger partial charge in [-0.2, -0.15) is 0 Å². The summed E-state index contributed by atoms with van der Waals surface area (Å²) in [6.07, 6.45) is 3.99. The summed E-state index contributed by atoms with van der Waals surface area (Å²) in [4.78, 5) is 19.0. The number of hydrogen-bond acceptors (Lipinski definition) is 5. The van der Waals surface area contributed by atoms with E-state index in [1.54, 1.807) is 12.5 Å². The molecule has 1 atom stereocenters. The number of carbonyl (C=O) groups excluding carboxylic acids is 1. The van der Waals surface area contributed by atoms with Crippen LogP contribution < -0.4 is 15.2 Å². The van der Waals surface area contributed by atoms with E-state index in [9.17, 15) is 4.79 Å². The summed E-state index contributed by atoms with van der Waals surface area (Å²) in [6, 6.07) is 4.95. The second-order valence-corrected chi connectivity index (χ2v) is 4.72. The molecule has 2 heterocycles. The maximum Gasteiger partial charge on any atom is 0.231 e. The van der Waals surface area contributed by atoms with E-state index < -0.39 is 6.04 Å². The lowest BCUT2D eigenvalue weighted by Crippen LogP contribution is -2.34. The highest BCUT2D eigenvalue weighted by atomic mass is 35.5. The third-order valence-corrected chi connectivity index (χ3v) is 3.22. The van der Waals surface area contributed by atoms with Gasteiger partial charge >= 0.3 is 0 Å². The molecule has 0 radical (unpaired) electrons. The van der Waals surface area contributed by atoms with Crippen LogP contribution in [0.1, 0.15) is 11.3 Å². The number of carbonyl (C=O) groups is 1. The molecule has 120 valence electrons. The van der Waals surface area contributed by atoms with E-state index in [4.69, 9.17) is 15.2 Å². The van der Waals surface area contributed by atoms with Crippen LogP contribution in [-0.2, 0) is 17.6 Å². The molecule has 0 bridgehead atoms. The Hall–Kier alpha value is -1.76. The van der Waals surface area contributed by atoms with Crippen molar-refractivity contribution in [1.82, 2.24) is 9.97 Å². The maximum atomic E-state index is 12.1. The number of aromatic nitrogens is 2. The predicted molar refractivity (Wildman–Crippen MR) is 86.0 cm³/mol. The number of aromatic amines is 1. The fraction of sp³-hybridized carbons (Fsp3) is 0.286. The molecule has 0 saturated heterocycles. The first-order valence-corrected chi connectivity index (χ1v) is 6.36. The molecule has 2 aromatic rings. The topological polar surface area (TPSA) is 90.2 Å². The number of halogens is 2. The average Bonchev–Trinajstić information content (AvgIpc) is 3.08. The molecule has 22 heavy (non-hydrogen) atoms. The first-order valence-electron chi connectivity index (χ1n) is 6.36. The lowest BCUT2D eigenvalue weighted by Gasteiger charge is -2.09. The minimum Gasteiger partial charge on any atom is -0.454 e. The van der Waals surface area contributed by atoms with E-state index in [0.29, 0.717) is 17.9 Å². The number of nitrogens with zero attached hydrogens (tertiary/aromatic N) is 1. The van der Waals surface area contributed by atoms with Crippen LogP contribution in [0.25, 0.3) is 0 Å². The quantitative estimate of drug-likeness (QED) is 0.859. The van der Waals surface area contributed by atoms with Gasteiger partial charge in [-0.1, -0.05) is 6.07 Å². The van der Waals surface area contributed by atoms with Crippen molar-refractivity contribution in [3.8, 4) is 11.5 Å². The second-order valence-electron chi connectivity index (χ2n) is 4.72. The molecular formula is C14H17Cl2N3O3.